The average molecular weight is 528 g/mol. The van der Waals surface area contributed by atoms with Crippen LogP contribution in [0, 0.1) is 11.3 Å². The van der Waals surface area contributed by atoms with Gasteiger partial charge in [-0.25, -0.2) is 0 Å². The number of hydrogen-bond donors (Lipinski definition) is 0. The summed E-state index contributed by atoms with van der Waals surface area (Å²) in [6.45, 7) is 0.325. The zero-order valence-electron chi connectivity index (χ0n) is 14.7. The third-order valence-corrected chi connectivity index (χ3v) is 5.61. The van der Waals surface area contributed by atoms with Crippen molar-refractivity contribution in [3.8, 4) is 11.8 Å². The van der Waals surface area contributed by atoms with E-state index in [9.17, 15) is 5.26 Å². The van der Waals surface area contributed by atoms with Crippen LogP contribution in [0.4, 0.5) is 0 Å². The number of allylic oxidation sites excluding steroid dienone is 1. The van der Waals surface area contributed by atoms with Gasteiger partial charge < -0.3 is 4.74 Å². The van der Waals surface area contributed by atoms with Gasteiger partial charge in [0, 0.05) is 15.1 Å². The Kier molecular flexibility index (Phi) is 7.51. The van der Waals surface area contributed by atoms with Crippen LogP contribution in [0.2, 0.25) is 20.1 Å². The second-order valence-corrected chi connectivity index (χ2v) is 8.60. The predicted molar refractivity (Wildman–Crippen MR) is 125 cm³/mol. The molecule has 0 radical (unpaired) electrons. The maximum atomic E-state index is 9.55. The molecule has 3 aromatic carbocycles. The monoisotopic (exact) mass is 525 g/mol. The first-order valence-electron chi connectivity index (χ1n) is 8.31. The van der Waals surface area contributed by atoms with Crippen molar-refractivity contribution in [2.75, 3.05) is 0 Å². The van der Waals surface area contributed by atoms with E-state index in [0.29, 0.717) is 49.1 Å². The molecule has 0 heterocycles. The van der Waals surface area contributed by atoms with E-state index in [1.807, 2.05) is 24.3 Å². The molecule has 0 saturated carbocycles. The van der Waals surface area contributed by atoms with E-state index in [2.05, 4.69) is 22.0 Å². The normalized spacial score (nSPS) is 11.2. The topological polar surface area (TPSA) is 33.0 Å². The highest BCUT2D eigenvalue weighted by atomic mass is 79.9. The minimum atomic E-state index is 0.325. The van der Waals surface area contributed by atoms with Crippen molar-refractivity contribution >= 4 is 74.0 Å². The molecule has 0 saturated heterocycles. The van der Waals surface area contributed by atoms with Crippen molar-refractivity contribution < 1.29 is 4.74 Å². The molecular formula is C22H12BrCl4NO. The fraction of sp³-hybridized carbons (Fsp3) is 0.0455. The second kappa shape index (κ2) is 9.89. The molecule has 7 heteroatoms. The zero-order chi connectivity index (χ0) is 21.0. The molecule has 0 unspecified atom stereocenters. The highest BCUT2D eigenvalue weighted by Crippen LogP contribution is 2.36. The maximum Gasteiger partial charge on any atom is 0.157 e. The Bertz CT molecular complexity index is 1100. The van der Waals surface area contributed by atoms with E-state index >= 15 is 0 Å². The van der Waals surface area contributed by atoms with E-state index in [1.54, 1.807) is 36.4 Å². The van der Waals surface area contributed by atoms with Gasteiger partial charge in [0.15, 0.2) is 5.75 Å². The van der Waals surface area contributed by atoms with Crippen molar-refractivity contribution in [1.82, 2.24) is 0 Å². The Morgan fingerprint density at radius 3 is 2.17 bits per heavy atom. The lowest BCUT2D eigenvalue weighted by Crippen LogP contribution is -1.97. The van der Waals surface area contributed by atoms with E-state index < -0.39 is 0 Å². The van der Waals surface area contributed by atoms with Gasteiger partial charge >= 0.3 is 0 Å². The molecule has 0 aliphatic rings. The minimum Gasteiger partial charge on any atom is -0.486 e. The highest BCUT2D eigenvalue weighted by Gasteiger charge is 2.12. The molecule has 0 fully saturated rings. The summed E-state index contributed by atoms with van der Waals surface area (Å²) in [6, 6.07) is 18.2. The van der Waals surface area contributed by atoms with Crippen LogP contribution in [0.3, 0.4) is 0 Å². The first-order valence-corrected chi connectivity index (χ1v) is 10.6. The first kappa shape index (κ1) is 22.0. The van der Waals surface area contributed by atoms with Crippen molar-refractivity contribution in [3.05, 3.63) is 95.9 Å². The molecule has 0 N–H and O–H groups in total. The molecule has 29 heavy (non-hydrogen) atoms. The number of nitrogens with zero attached hydrogens (tertiary/aromatic N) is 1. The quantitative estimate of drug-likeness (QED) is 0.245. The van der Waals surface area contributed by atoms with Gasteiger partial charge in [-0.1, -0.05) is 80.5 Å². The van der Waals surface area contributed by atoms with Crippen LogP contribution < -0.4 is 4.74 Å². The number of rotatable bonds is 5. The van der Waals surface area contributed by atoms with Gasteiger partial charge in [-0.3, -0.25) is 0 Å². The molecule has 0 aromatic heterocycles. The summed E-state index contributed by atoms with van der Waals surface area (Å²) in [6.07, 6.45) is 1.66. The maximum absolute atomic E-state index is 9.55. The standard InChI is InChI=1S/C22H12BrCl4NO/c23-16-3-1-13(2-4-16)12-29-22-20(26)8-14(9-21(22)27)7-15(11-28)18-6-5-17(24)10-19(18)25/h1-10H,12H2/b15-7+. The molecule has 0 spiro atoms. The summed E-state index contributed by atoms with van der Waals surface area (Å²) >= 11 is 28.3. The molecule has 0 atom stereocenters. The Morgan fingerprint density at radius 1 is 0.931 bits per heavy atom. The van der Waals surface area contributed by atoms with Gasteiger partial charge in [0.1, 0.15) is 6.61 Å². The van der Waals surface area contributed by atoms with E-state index in [0.717, 1.165) is 10.0 Å². The third-order valence-electron chi connectivity index (χ3n) is 3.97. The van der Waals surface area contributed by atoms with Crippen molar-refractivity contribution in [3.63, 3.8) is 0 Å². The molecule has 3 aromatic rings. The second-order valence-electron chi connectivity index (χ2n) is 6.02. The van der Waals surface area contributed by atoms with Crippen LogP contribution >= 0.6 is 62.3 Å². The number of nitriles is 1. The number of halogens is 5. The van der Waals surface area contributed by atoms with Crippen LogP contribution in [0.5, 0.6) is 5.75 Å². The van der Waals surface area contributed by atoms with Crippen LogP contribution in [0.25, 0.3) is 11.6 Å². The van der Waals surface area contributed by atoms with Gasteiger partial charge in [0.05, 0.1) is 26.7 Å². The smallest absolute Gasteiger partial charge is 0.157 e. The molecule has 0 aliphatic carbocycles. The van der Waals surface area contributed by atoms with Gasteiger partial charge in [0.25, 0.3) is 0 Å². The SMILES string of the molecule is N#C/C(=C\c1cc(Cl)c(OCc2ccc(Br)cc2)c(Cl)c1)c1ccc(Cl)cc1Cl. The lowest BCUT2D eigenvalue weighted by Gasteiger charge is -2.11. The largest absolute Gasteiger partial charge is 0.486 e. The van der Waals surface area contributed by atoms with Gasteiger partial charge in [-0.2, -0.15) is 5.26 Å². The van der Waals surface area contributed by atoms with Crippen molar-refractivity contribution in [2.45, 2.75) is 6.61 Å². The fourth-order valence-corrected chi connectivity index (χ4v) is 3.97. The summed E-state index contributed by atoms with van der Waals surface area (Å²) in [5.41, 5.74) is 2.57. The Hall–Kier alpha value is -1.67. The molecule has 2 nitrogen and oxygen atoms in total. The molecule has 3 rings (SSSR count). The third kappa shape index (κ3) is 5.69. The van der Waals surface area contributed by atoms with Crippen molar-refractivity contribution in [2.24, 2.45) is 0 Å². The Morgan fingerprint density at radius 2 is 1.59 bits per heavy atom. The molecule has 0 bridgehead atoms. The minimum absolute atomic E-state index is 0.325. The van der Waals surface area contributed by atoms with Crippen LogP contribution in [0.1, 0.15) is 16.7 Å². The van der Waals surface area contributed by atoms with Gasteiger partial charge in [-0.05, 0) is 53.6 Å². The predicted octanol–water partition coefficient (Wildman–Crippen LogP) is 8.71. The summed E-state index contributed by atoms with van der Waals surface area (Å²) in [5, 5.41) is 11.1. The molecular weight excluding hydrogens is 516 g/mol. The van der Waals surface area contributed by atoms with Gasteiger partial charge in [-0.15, -0.1) is 0 Å². The van der Waals surface area contributed by atoms with Crippen LogP contribution in [0.15, 0.2) is 59.1 Å². The van der Waals surface area contributed by atoms with Crippen LogP contribution in [-0.2, 0) is 6.61 Å². The Labute approximate surface area is 197 Å². The van der Waals surface area contributed by atoms with Crippen molar-refractivity contribution in [1.29, 1.82) is 5.26 Å². The molecule has 0 amide bonds. The fourth-order valence-electron chi connectivity index (χ4n) is 2.58. The average Bonchev–Trinajstić information content (AvgIpc) is 2.67. The van der Waals surface area contributed by atoms with E-state index in [1.165, 1.54) is 0 Å². The first-order chi connectivity index (χ1) is 13.9. The zero-order valence-corrected chi connectivity index (χ0v) is 19.3. The summed E-state index contributed by atoms with van der Waals surface area (Å²) < 4.78 is 6.78. The lowest BCUT2D eigenvalue weighted by molar-refractivity contribution is 0.306. The summed E-state index contributed by atoms with van der Waals surface area (Å²) in [4.78, 5) is 0. The Balaban J connectivity index is 1.86. The molecule has 146 valence electrons. The molecule has 0 aliphatic heterocycles. The number of benzene rings is 3. The number of ether oxygens (including phenoxy) is 1. The number of hydrogen-bond acceptors (Lipinski definition) is 2. The highest BCUT2D eigenvalue weighted by molar-refractivity contribution is 9.10. The summed E-state index contributed by atoms with van der Waals surface area (Å²) in [5.74, 6) is 0.386. The summed E-state index contributed by atoms with van der Waals surface area (Å²) in [7, 11) is 0. The van der Waals surface area contributed by atoms with E-state index in [-0.39, 0.29) is 0 Å². The van der Waals surface area contributed by atoms with E-state index in [4.69, 9.17) is 51.1 Å². The van der Waals surface area contributed by atoms with Crippen LogP contribution in [-0.4, -0.2) is 0 Å². The lowest BCUT2D eigenvalue weighted by atomic mass is 10.0. The van der Waals surface area contributed by atoms with Gasteiger partial charge in [0.2, 0.25) is 0 Å².